The fourth-order valence-corrected chi connectivity index (χ4v) is 2.09. The summed E-state index contributed by atoms with van der Waals surface area (Å²) in [5.41, 5.74) is 8.37. The van der Waals surface area contributed by atoms with Crippen LogP contribution in [0.1, 0.15) is 6.92 Å². The molecule has 3 aromatic rings. The minimum absolute atomic E-state index is 0.616. The van der Waals surface area contributed by atoms with Crippen molar-refractivity contribution in [1.29, 1.82) is 0 Å². The topological polar surface area (TPSA) is 66.0 Å². The number of benzene rings is 1. The maximum atomic E-state index is 6.07. The summed E-state index contributed by atoms with van der Waals surface area (Å²) in [5, 5.41) is 4.51. The molecule has 2 aromatic heterocycles. The summed E-state index contributed by atoms with van der Waals surface area (Å²) in [7, 11) is 0. The van der Waals surface area contributed by atoms with E-state index in [1.54, 1.807) is 17.1 Å². The quantitative estimate of drug-likeness (QED) is 0.798. The van der Waals surface area contributed by atoms with Gasteiger partial charge in [0, 0.05) is 11.8 Å². The zero-order valence-corrected chi connectivity index (χ0v) is 11.7. The van der Waals surface area contributed by atoms with Crippen LogP contribution >= 0.6 is 0 Å². The van der Waals surface area contributed by atoms with Gasteiger partial charge in [0.25, 0.3) is 0 Å². The average molecular weight is 280 g/mol. The number of nitrogens with zero attached hydrogens (tertiary/aromatic N) is 3. The Labute approximate surface area is 123 Å². The van der Waals surface area contributed by atoms with Crippen LogP contribution in [0.15, 0.2) is 54.9 Å². The van der Waals surface area contributed by atoms with Gasteiger partial charge in [0.1, 0.15) is 11.4 Å². The van der Waals surface area contributed by atoms with E-state index in [1.807, 2.05) is 49.4 Å². The molecular weight excluding hydrogens is 264 g/mol. The van der Waals surface area contributed by atoms with Gasteiger partial charge in [-0.2, -0.15) is 5.10 Å². The SMILES string of the molecule is CCOc1ccc(-c2nn(-c3ccccn3)cc2N)cc1. The standard InChI is InChI=1S/C16H16N4O/c1-2-21-13-8-6-12(7-9-13)16-14(17)11-20(19-16)15-5-3-4-10-18-15/h3-11H,2,17H2,1H3. The van der Waals surface area contributed by atoms with Crippen LogP contribution in [0.5, 0.6) is 5.75 Å². The Morgan fingerprint density at radius 3 is 2.62 bits per heavy atom. The van der Waals surface area contributed by atoms with E-state index in [4.69, 9.17) is 10.5 Å². The van der Waals surface area contributed by atoms with Gasteiger partial charge in [0.2, 0.25) is 0 Å². The molecule has 0 saturated heterocycles. The molecule has 0 aliphatic carbocycles. The van der Waals surface area contributed by atoms with Crippen LogP contribution in [-0.2, 0) is 0 Å². The molecule has 0 aliphatic heterocycles. The maximum absolute atomic E-state index is 6.07. The highest BCUT2D eigenvalue weighted by atomic mass is 16.5. The molecule has 0 unspecified atom stereocenters. The second kappa shape index (κ2) is 5.66. The van der Waals surface area contributed by atoms with Gasteiger partial charge < -0.3 is 10.5 Å². The number of hydrogen-bond acceptors (Lipinski definition) is 4. The molecule has 5 heteroatoms. The zero-order chi connectivity index (χ0) is 14.7. The van der Waals surface area contributed by atoms with E-state index in [9.17, 15) is 0 Å². The van der Waals surface area contributed by atoms with Gasteiger partial charge in [-0.15, -0.1) is 0 Å². The lowest BCUT2D eigenvalue weighted by atomic mass is 10.1. The van der Waals surface area contributed by atoms with Crippen molar-refractivity contribution in [3.63, 3.8) is 0 Å². The summed E-state index contributed by atoms with van der Waals surface area (Å²) in [5.74, 6) is 1.57. The van der Waals surface area contributed by atoms with E-state index in [2.05, 4.69) is 10.1 Å². The minimum atomic E-state index is 0.616. The van der Waals surface area contributed by atoms with Gasteiger partial charge in [0.15, 0.2) is 5.82 Å². The van der Waals surface area contributed by atoms with Gasteiger partial charge in [-0.1, -0.05) is 6.07 Å². The second-order valence-corrected chi connectivity index (χ2v) is 4.52. The smallest absolute Gasteiger partial charge is 0.153 e. The molecule has 0 radical (unpaired) electrons. The molecule has 5 nitrogen and oxygen atoms in total. The largest absolute Gasteiger partial charge is 0.494 e. The van der Waals surface area contributed by atoms with Crippen molar-refractivity contribution in [2.45, 2.75) is 6.92 Å². The monoisotopic (exact) mass is 280 g/mol. The first-order chi connectivity index (χ1) is 10.3. The number of aromatic nitrogens is 3. The molecule has 1 aromatic carbocycles. The maximum Gasteiger partial charge on any atom is 0.153 e. The van der Waals surface area contributed by atoms with Crippen LogP contribution in [-0.4, -0.2) is 21.4 Å². The Kier molecular flexibility index (Phi) is 3.55. The first kappa shape index (κ1) is 13.2. The van der Waals surface area contributed by atoms with Crippen molar-refractivity contribution in [3.05, 3.63) is 54.9 Å². The zero-order valence-electron chi connectivity index (χ0n) is 11.7. The molecule has 21 heavy (non-hydrogen) atoms. The van der Waals surface area contributed by atoms with Gasteiger partial charge in [0.05, 0.1) is 18.5 Å². The van der Waals surface area contributed by atoms with Crippen LogP contribution in [0, 0.1) is 0 Å². The number of nitrogens with two attached hydrogens (primary N) is 1. The Bertz CT molecular complexity index is 720. The predicted molar refractivity (Wildman–Crippen MR) is 82.4 cm³/mol. The number of hydrogen-bond donors (Lipinski definition) is 1. The van der Waals surface area contributed by atoms with Crippen LogP contribution < -0.4 is 10.5 Å². The van der Waals surface area contributed by atoms with Crippen molar-refractivity contribution in [2.24, 2.45) is 0 Å². The molecular formula is C16H16N4O. The predicted octanol–water partition coefficient (Wildman–Crippen LogP) is 2.92. The van der Waals surface area contributed by atoms with Crippen LogP contribution in [0.2, 0.25) is 0 Å². The fourth-order valence-electron chi connectivity index (χ4n) is 2.09. The summed E-state index contributed by atoms with van der Waals surface area (Å²) < 4.78 is 7.12. The van der Waals surface area contributed by atoms with E-state index < -0.39 is 0 Å². The normalized spacial score (nSPS) is 10.5. The number of pyridine rings is 1. The van der Waals surface area contributed by atoms with E-state index in [0.717, 1.165) is 22.8 Å². The van der Waals surface area contributed by atoms with Gasteiger partial charge >= 0.3 is 0 Å². The second-order valence-electron chi connectivity index (χ2n) is 4.52. The molecule has 0 fully saturated rings. The molecule has 0 saturated carbocycles. The summed E-state index contributed by atoms with van der Waals surface area (Å²) in [6.07, 6.45) is 3.50. The minimum Gasteiger partial charge on any atom is -0.494 e. The Balaban J connectivity index is 1.94. The van der Waals surface area contributed by atoms with Crippen LogP contribution in [0.25, 0.3) is 17.1 Å². The summed E-state index contributed by atoms with van der Waals surface area (Å²) >= 11 is 0. The van der Waals surface area contributed by atoms with E-state index >= 15 is 0 Å². The fraction of sp³-hybridized carbons (Fsp3) is 0.125. The molecule has 2 heterocycles. The molecule has 0 aliphatic rings. The highest BCUT2D eigenvalue weighted by Gasteiger charge is 2.10. The van der Waals surface area contributed by atoms with Gasteiger partial charge in [-0.25, -0.2) is 9.67 Å². The molecule has 106 valence electrons. The van der Waals surface area contributed by atoms with Crippen molar-refractivity contribution in [1.82, 2.24) is 14.8 Å². The molecule has 0 amide bonds. The summed E-state index contributed by atoms with van der Waals surface area (Å²) in [6.45, 7) is 2.61. The third-order valence-electron chi connectivity index (χ3n) is 3.07. The van der Waals surface area contributed by atoms with Crippen LogP contribution in [0.4, 0.5) is 5.69 Å². The van der Waals surface area contributed by atoms with Crippen molar-refractivity contribution >= 4 is 5.69 Å². The number of anilines is 1. The highest BCUT2D eigenvalue weighted by molar-refractivity contribution is 5.72. The number of ether oxygens (including phenoxy) is 1. The van der Waals surface area contributed by atoms with Crippen molar-refractivity contribution in [2.75, 3.05) is 12.3 Å². The lowest BCUT2D eigenvalue weighted by molar-refractivity contribution is 0.340. The van der Waals surface area contributed by atoms with E-state index in [0.29, 0.717) is 12.3 Å². The molecule has 0 bridgehead atoms. The van der Waals surface area contributed by atoms with Crippen molar-refractivity contribution < 1.29 is 4.74 Å². The van der Waals surface area contributed by atoms with Gasteiger partial charge in [-0.05, 0) is 43.3 Å². The summed E-state index contributed by atoms with van der Waals surface area (Å²) in [6, 6.07) is 13.4. The molecule has 0 spiro atoms. The molecule has 0 atom stereocenters. The van der Waals surface area contributed by atoms with E-state index in [-0.39, 0.29) is 0 Å². The van der Waals surface area contributed by atoms with E-state index in [1.165, 1.54) is 0 Å². The molecule has 2 N–H and O–H groups in total. The Morgan fingerprint density at radius 2 is 1.95 bits per heavy atom. The third-order valence-corrected chi connectivity index (χ3v) is 3.07. The Hall–Kier alpha value is -2.82. The Morgan fingerprint density at radius 1 is 1.14 bits per heavy atom. The average Bonchev–Trinajstić information content (AvgIpc) is 2.91. The first-order valence-electron chi connectivity index (χ1n) is 6.77. The lowest BCUT2D eigenvalue weighted by Gasteiger charge is -2.04. The first-order valence-corrected chi connectivity index (χ1v) is 6.77. The van der Waals surface area contributed by atoms with Crippen LogP contribution in [0.3, 0.4) is 0 Å². The highest BCUT2D eigenvalue weighted by Crippen LogP contribution is 2.26. The van der Waals surface area contributed by atoms with Crippen molar-refractivity contribution in [3.8, 4) is 22.8 Å². The van der Waals surface area contributed by atoms with Gasteiger partial charge in [-0.3, -0.25) is 0 Å². The third kappa shape index (κ3) is 2.72. The molecule has 3 rings (SSSR count). The number of nitrogen functional groups attached to an aromatic ring is 1. The summed E-state index contributed by atoms with van der Waals surface area (Å²) in [4.78, 5) is 4.26. The number of rotatable bonds is 4. The lowest BCUT2D eigenvalue weighted by Crippen LogP contribution is -1.97.